The predicted molar refractivity (Wildman–Crippen MR) is 149 cm³/mol. The lowest BCUT2D eigenvalue weighted by molar-refractivity contribution is -0.139. The van der Waals surface area contributed by atoms with E-state index in [0.29, 0.717) is 10.8 Å². The lowest BCUT2D eigenvalue weighted by atomic mass is 10.1. The Bertz CT molecular complexity index is 1390. The van der Waals surface area contributed by atoms with Gasteiger partial charge in [-0.1, -0.05) is 47.5 Å². The fourth-order valence-electron chi connectivity index (χ4n) is 3.92. The zero-order valence-corrected chi connectivity index (χ0v) is 23.6. The summed E-state index contributed by atoms with van der Waals surface area (Å²) in [5.74, 6) is -0.647. The van der Waals surface area contributed by atoms with Crippen LogP contribution in [0.2, 0.25) is 5.02 Å². The first-order valence-electron chi connectivity index (χ1n) is 12.0. The van der Waals surface area contributed by atoms with Gasteiger partial charge in [-0.15, -0.1) is 0 Å². The van der Waals surface area contributed by atoms with Gasteiger partial charge in [-0.25, -0.2) is 8.42 Å². The van der Waals surface area contributed by atoms with Crippen LogP contribution in [0.25, 0.3) is 0 Å². The van der Waals surface area contributed by atoms with Gasteiger partial charge in [0, 0.05) is 18.6 Å². The van der Waals surface area contributed by atoms with E-state index in [0.717, 1.165) is 21.0 Å². The summed E-state index contributed by atoms with van der Waals surface area (Å²) >= 11 is 6.01. The van der Waals surface area contributed by atoms with E-state index in [2.05, 4.69) is 5.32 Å². The number of methoxy groups -OCH3 is 1. The molecular formula is C28H32ClN3O5S. The van der Waals surface area contributed by atoms with Crippen LogP contribution in [0.5, 0.6) is 5.75 Å². The van der Waals surface area contributed by atoms with Gasteiger partial charge in [0.05, 0.1) is 17.7 Å². The predicted octanol–water partition coefficient (Wildman–Crippen LogP) is 4.32. The number of hydrogen-bond donors (Lipinski definition) is 1. The average molecular weight is 558 g/mol. The maximum atomic E-state index is 13.9. The SMILES string of the molecule is CNC(=O)C(C)N(Cc1ccc(Cl)cc1)C(=O)CN(c1cc(C)ccc1OC)S(=O)(=O)c1ccc(C)cc1. The second kappa shape index (κ2) is 12.3. The molecule has 0 aliphatic heterocycles. The van der Waals surface area contributed by atoms with Crippen molar-refractivity contribution in [2.45, 2.75) is 38.3 Å². The van der Waals surface area contributed by atoms with Crippen LogP contribution in [-0.2, 0) is 26.2 Å². The van der Waals surface area contributed by atoms with E-state index in [4.69, 9.17) is 16.3 Å². The first-order valence-corrected chi connectivity index (χ1v) is 13.8. The summed E-state index contributed by atoms with van der Waals surface area (Å²) in [5.41, 5.74) is 2.64. The molecule has 8 nitrogen and oxygen atoms in total. The minimum Gasteiger partial charge on any atom is -0.495 e. The highest BCUT2D eigenvalue weighted by molar-refractivity contribution is 7.92. The van der Waals surface area contributed by atoms with Gasteiger partial charge in [0.1, 0.15) is 18.3 Å². The highest BCUT2D eigenvalue weighted by Gasteiger charge is 2.33. The second-order valence-electron chi connectivity index (χ2n) is 8.94. The van der Waals surface area contributed by atoms with Gasteiger partial charge in [0.15, 0.2) is 0 Å². The molecule has 1 atom stereocenters. The summed E-state index contributed by atoms with van der Waals surface area (Å²) in [6.45, 7) is 4.80. The van der Waals surface area contributed by atoms with Gasteiger partial charge in [-0.3, -0.25) is 13.9 Å². The fraction of sp³-hybridized carbons (Fsp3) is 0.286. The van der Waals surface area contributed by atoms with Crippen LogP contribution in [0.15, 0.2) is 71.6 Å². The molecule has 2 amide bonds. The van der Waals surface area contributed by atoms with Crippen molar-refractivity contribution < 1.29 is 22.7 Å². The van der Waals surface area contributed by atoms with Crippen molar-refractivity contribution in [3.63, 3.8) is 0 Å². The minimum atomic E-state index is -4.19. The Hall–Kier alpha value is -3.56. The topological polar surface area (TPSA) is 96.0 Å². The molecule has 0 spiro atoms. The standard InChI is InChI=1S/C28H32ClN3O5S/c1-19-6-13-24(14-7-19)38(35,36)32(25-16-20(2)8-15-26(25)37-5)18-27(33)31(21(3)28(34)30-4)17-22-9-11-23(29)12-10-22/h6-16,21H,17-18H2,1-5H3,(H,30,34). The molecule has 0 saturated carbocycles. The number of rotatable bonds is 10. The third-order valence-electron chi connectivity index (χ3n) is 6.17. The number of nitrogens with one attached hydrogen (secondary N) is 1. The summed E-state index contributed by atoms with van der Waals surface area (Å²) in [4.78, 5) is 27.8. The summed E-state index contributed by atoms with van der Waals surface area (Å²) in [5, 5.41) is 3.10. The Labute approximate surface area is 229 Å². The number of likely N-dealkylation sites (N-methyl/N-ethyl adjacent to an activating group) is 1. The molecule has 0 heterocycles. The maximum Gasteiger partial charge on any atom is 0.264 e. The Balaban J connectivity index is 2.10. The quantitative estimate of drug-likeness (QED) is 0.400. The van der Waals surface area contributed by atoms with Gasteiger partial charge in [-0.2, -0.15) is 0 Å². The number of carbonyl (C=O) groups excluding carboxylic acids is 2. The number of ether oxygens (including phenoxy) is 1. The molecule has 1 unspecified atom stereocenters. The summed E-state index contributed by atoms with van der Waals surface area (Å²) in [6, 6.07) is 17.5. The summed E-state index contributed by atoms with van der Waals surface area (Å²) < 4.78 is 34.4. The first-order chi connectivity index (χ1) is 18.0. The largest absolute Gasteiger partial charge is 0.495 e. The van der Waals surface area contributed by atoms with Crippen LogP contribution in [0.3, 0.4) is 0 Å². The smallest absolute Gasteiger partial charge is 0.264 e. The van der Waals surface area contributed by atoms with E-state index in [9.17, 15) is 18.0 Å². The number of halogens is 1. The van der Waals surface area contributed by atoms with Crippen LogP contribution in [0.1, 0.15) is 23.6 Å². The molecule has 0 aliphatic rings. The van der Waals surface area contributed by atoms with Crippen molar-refractivity contribution in [2.24, 2.45) is 0 Å². The van der Waals surface area contributed by atoms with Gasteiger partial charge >= 0.3 is 0 Å². The third-order valence-corrected chi connectivity index (χ3v) is 8.20. The fourth-order valence-corrected chi connectivity index (χ4v) is 5.47. The minimum absolute atomic E-state index is 0.0306. The molecule has 38 heavy (non-hydrogen) atoms. The Morgan fingerprint density at radius 2 is 1.58 bits per heavy atom. The molecule has 1 N–H and O–H groups in total. The maximum absolute atomic E-state index is 13.9. The highest BCUT2D eigenvalue weighted by Crippen LogP contribution is 2.34. The number of benzene rings is 3. The van der Waals surface area contributed by atoms with Crippen LogP contribution in [0, 0.1) is 13.8 Å². The molecule has 10 heteroatoms. The van der Waals surface area contributed by atoms with E-state index in [-0.39, 0.29) is 23.0 Å². The van der Waals surface area contributed by atoms with Crippen molar-refractivity contribution in [3.05, 3.63) is 88.4 Å². The van der Waals surface area contributed by atoms with E-state index in [1.807, 2.05) is 13.8 Å². The third kappa shape index (κ3) is 6.65. The Kier molecular flexibility index (Phi) is 9.40. The number of aryl methyl sites for hydroxylation is 2. The molecule has 0 aliphatic carbocycles. The lowest BCUT2D eigenvalue weighted by Gasteiger charge is -2.32. The van der Waals surface area contributed by atoms with Crippen molar-refractivity contribution in [2.75, 3.05) is 25.0 Å². The van der Waals surface area contributed by atoms with Crippen LogP contribution in [-0.4, -0.2) is 51.9 Å². The number of amides is 2. The molecule has 0 bridgehead atoms. The number of anilines is 1. The number of nitrogens with zero attached hydrogens (tertiary/aromatic N) is 2. The monoisotopic (exact) mass is 557 g/mol. The summed E-state index contributed by atoms with van der Waals surface area (Å²) in [7, 11) is -1.27. The van der Waals surface area contributed by atoms with Gasteiger partial charge in [0.25, 0.3) is 10.0 Å². The van der Waals surface area contributed by atoms with Crippen molar-refractivity contribution in [1.82, 2.24) is 10.2 Å². The van der Waals surface area contributed by atoms with E-state index in [1.54, 1.807) is 61.5 Å². The molecule has 0 aromatic heterocycles. The number of hydrogen-bond acceptors (Lipinski definition) is 5. The molecule has 3 rings (SSSR count). The molecule has 3 aromatic rings. The molecule has 202 valence electrons. The molecule has 0 fully saturated rings. The molecule has 0 saturated heterocycles. The van der Waals surface area contributed by atoms with Crippen LogP contribution >= 0.6 is 11.6 Å². The van der Waals surface area contributed by atoms with Gasteiger partial charge in [0.2, 0.25) is 11.8 Å². The highest BCUT2D eigenvalue weighted by atomic mass is 35.5. The van der Waals surface area contributed by atoms with Gasteiger partial charge in [-0.05, 0) is 68.3 Å². The van der Waals surface area contributed by atoms with E-state index < -0.39 is 28.5 Å². The molecule has 0 radical (unpaired) electrons. The first kappa shape index (κ1) is 29.0. The van der Waals surface area contributed by atoms with Crippen molar-refractivity contribution >= 4 is 39.1 Å². The Morgan fingerprint density at radius 1 is 0.974 bits per heavy atom. The summed E-state index contributed by atoms with van der Waals surface area (Å²) in [6.07, 6.45) is 0. The van der Waals surface area contributed by atoms with Crippen molar-refractivity contribution in [1.29, 1.82) is 0 Å². The lowest BCUT2D eigenvalue weighted by Crippen LogP contribution is -2.50. The van der Waals surface area contributed by atoms with Crippen molar-refractivity contribution in [3.8, 4) is 5.75 Å². The van der Waals surface area contributed by atoms with Crippen LogP contribution < -0.4 is 14.4 Å². The zero-order chi connectivity index (χ0) is 28.0. The Morgan fingerprint density at radius 3 is 2.16 bits per heavy atom. The van der Waals surface area contributed by atoms with E-state index >= 15 is 0 Å². The second-order valence-corrected chi connectivity index (χ2v) is 11.2. The van der Waals surface area contributed by atoms with E-state index in [1.165, 1.54) is 31.2 Å². The number of sulfonamides is 1. The van der Waals surface area contributed by atoms with Crippen LogP contribution in [0.4, 0.5) is 5.69 Å². The zero-order valence-electron chi connectivity index (χ0n) is 22.1. The normalized spacial score (nSPS) is 11.9. The van der Waals surface area contributed by atoms with Gasteiger partial charge < -0.3 is 15.0 Å². The molecule has 3 aromatic carbocycles. The number of carbonyl (C=O) groups is 2. The average Bonchev–Trinajstić information content (AvgIpc) is 2.90. The molecular weight excluding hydrogens is 526 g/mol.